The van der Waals surface area contributed by atoms with Gasteiger partial charge in [0.2, 0.25) is 0 Å². The fraction of sp³-hybridized carbons (Fsp3) is 0.273. The minimum atomic E-state index is -0.252. The molecule has 3 nitrogen and oxygen atoms in total. The summed E-state index contributed by atoms with van der Waals surface area (Å²) in [6.45, 7) is 1.98. The molecule has 16 heavy (non-hydrogen) atoms. The smallest absolute Gasteiger partial charge is 0.186 e. The Kier molecular flexibility index (Phi) is 4.85. The van der Waals surface area contributed by atoms with E-state index in [-0.39, 0.29) is 5.82 Å². The standard InChI is InChI=1S/C11H14FN3S/c1-3-10(14-15-11(16)13-2)8-4-6-9(12)7-5-8/h4-7H,3H2,1-2H3,(H2,13,15,16)/b14-10+. The number of hydrogen-bond donors (Lipinski definition) is 2. The van der Waals surface area contributed by atoms with E-state index in [2.05, 4.69) is 15.8 Å². The lowest BCUT2D eigenvalue weighted by atomic mass is 10.1. The molecular weight excluding hydrogens is 225 g/mol. The van der Waals surface area contributed by atoms with Crippen LogP contribution < -0.4 is 10.7 Å². The van der Waals surface area contributed by atoms with Gasteiger partial charge in [-0.3, -0.25) is 5.43 Å². The normalized spacial score (nSPS) is 11.1. The third kappa shape index (κ3) is 3.58. The van der Waals surface area contributed by atoms with Crippen LogP contribution in [0.15, 0.2) is 29.4 Å². The number of benzene rings is 1. The molecule has 0 fully saturated rings. The van der Waals surface area contributed by atoms with E-state index in [4.69, 9.17) is 12.2 Å². The molecule has 0 aliphatic carbocycles. The largest absolute Gasteiger partial charge is 0.364 e. The molecule has 0 amide bonds. The topological polar surface area (TPSA) is 36.4 Å². The van der Waals surface area contributed by atoms with Crippen molar-refractivity contribution in [3.05, 3.63) is 35.6 Å². The number of nitrogens with one attached hydrogen (secondary N) is 2. The van der Waals surface area contributed by atoms with Gasteiger partial charge in [-0.05, 0) is 36.3 Å². The Balaban J connectivity index is 2.81. The average Bonchev–Trinajstić information content (AvgIpc) is 2.31. The lowest BCUT2D eigenvalue weighted by Crippen LogP contribution is -2.29. The maximum atomic E-state index is 12.7. The maximum Gasteiger partial charge on any atom is 0.186 e. The summed E-state index contributed by atoms with van der Waals surface area (Å²) in [7, 11) is 1.72. The second-order valence-electron chi connectivity index (χ2n) is 3.11. The van der Waals surface area contributed by atoms with E-state index in [1.807, 2.05) is 6.92 Å². The lowest BCUT2D eigenvalue weighted by molar-refractivity contribution is 0.627. The molecule has 0 saturated carbocycles. The van der Waals surface area contributed by atoms with Crippen LogP contribution in [-0.4, -0.2) is 17.9 Å². The molecule has 0 aliphatic rings. The third-order valence-corrected chi connectivity index (χ3v) is 2.33. The van der Waals surface area contributed by atoms with E-state index in [0.717, 1.165) is 17.7 Å². The van der Waals surface area contributed by atoms with Gasteiger partial charge < -0.3 is 5.32 Å². The summed E-state index contributed by atoms with van der Waals surface area (Å²) >= 11 is 4.90. The first-order valence-electron chi connectivity index (χ1n) is 4.97. The van der Waals surface area contributed by atoms with Crippen LogP contribution in [0.1, 0.15) is 18.9 Å². The van der Waals surface area contributed by atoms with Crippen molar-refractivity contribution < 1.29 is 4.39 Å². The first kappa shape index (κ1) is 12.6. The molecule has 0 heterocycles. The molecule has 2 N–H and O–H groups in total. The average molecular weight is 239 g/mol. The van der Waals surface area contributed by atoms with Crippen LogP contribution in [0.2, 0.25) is 0 Å². The quantitative estimate of drug-likeness (QED) is 0.481. The molecule has 0 bridgehead atoms. The van der Waals surface area contributed by atoms with E-state index in [0.29, 0.717) is 5.11 Å². The van der Waals surface area contributed by atoms with Crippen molar-refractivity contribution in [2.75, 3.05) is 7.05 Å². The van der Waals surface area contributed by atoms with E-state index in [1.165, 1.54) is 12.1 Å². The SMILES string of the molecule is CC/C(=N\NC(=S)NC)c1ccc(F)cc1. The van der Waals surface area contributed by atoms with Crippen molar-refractivity contribution in [2.45, 2.75) is 13.3 Å². The zero-order valence-corrected chi connectivity index (χ0v) is 10.1. The molecule has 1 rings (SSSR count). The molecule has 0 atom stereocenters. The fourth-order valence-corrected chi connectivity index (χ4v) is 1.21. The Morgan fingerprint density at radius 3 is 2.50 bits per heavy atom. The number of hydrazone groups is 1. The van der Waals surface area contributed by atoms with E-state index in [9.17, 15) is 4.39 Å². The minimum Gasteiger partial charge on any atom is -0.364 e. The van der Waals surface area contributed by atoms with Gasteiger partial charge in [0.25, 0.3) is 0 Å². The van der Waals surface area contributed by atoms with Crippen molar-refractivity contribution in [1.29, 1.82) is 0 Å². The molecule has 5 heteroatoms. The van der Waals surface area contributed by atoms with Crippen LogP contribution in [0.25, 0.3) is 0 Å². The third-order valence-electron chi connectivity index (χ3n) is 2.03. The highest BCUT2D eigenvalue weighted by atomic mass is 32.1. The van der Waals surface area contributed by atoms with Crippen molar-refractivity contribution >= 4 is 23.0 Å². The van der Waals surface area contributed by atoms with E-state index >= 15 is 0 Å². The summed E-state index contributed by atoms with van der Waals surface area (Å²) in [6.07, 6.45) is 0.741. The molecule has 1 aromatic carbocycles. The highest BCUT2D eigenvalue weighted by Crippen LogP contribution is 2.06. The predicted octanol–water partition coefficient (Wildman–Crippen LogP) is 2.03. The molecule has 0 radical (unpaired) electrons. The van der Waals surface area contributed by atoms with Gasteiger partial charge in [0.15, 0.2) is 5.11 Å². The monoisotopic (exact) mass is 239 g/mol. The molecule has 0 spiro atoms. The molecule has 86 valence electrons. The molecule has 1 aromatic rings. The molecule has 0 aliphatic heterocycles. The summed E-state index contributed by atoms with van der Waals surface area (Å²) in [5.74, 6) is -0.252. The van der Waals surface area contributed by atoms with Gasteiger partial charge in [-0.25, -0.2) is 4.39 Å². The number of thiocarbonyl (C=S) groups is 1. The number of halogens is 1. The van der Waals surface area contributed by atoms with Crippen LogP contribution in [0.4, 0.5) is 4.39 Å². The van der Waals surface area contributed by atoms with Crippen molar-refractivity contribution in [3.63, 3.8) is 0 Å². The van der Waals surface area contributed by atoms with Crippen LogP contribution >= 0.6 is 12.2 Å². The number of rotatable bonds is 3. The molecule has 0 aromatic heterocycles. The number of hydrogen-bond acceptors (Lipinski definition) is 2. The Morgan fingerprint density at radius 1 is 1.38 bits per heavy atom. The zero-order valence-electron chi connectivity index (χ0n) is 9.25. The van der Waals surface area contributed by atoms with Gasteiger partial charge in [0.1, 0.15) is 5.82 Å². The highest BCUT2D eigenvalue weighted by molar-refractivity contribution is 7.80. The molecule has 0 saturated heterocycles. The summed E-state index contributed by atoms with van der Waals surface area (Å²) in [5, 5.41) is 7.36. The summed E-state index contributed by atoms with van der Waals surface area (Å²) in [4.78, 5) is 0. The van der Waals surface area contributed by atoms with Crippen LogP contribution in [0.3, 0.4) is 0 Å². The van der Waals surface area contributed by atoms with Crippen LogP contribution in [0, 0.1) is 5.82 Å². The van der Waals surface area contributed by atoms with Crippen molar-refractivity contribution in [2.24, 2.45) is 5.10 Å². The second-order valence-corrected chi connectivity index (χ2v) is 3.52. The van der Waals surface area contributed by atoms with Crippen LogP contribution in [-0.2, 0) is 0 Å². The van der Waals surface area contributed by atoms with Gasteiger partial charge in [0, 0.05) is 7.05 Å². The Bertz CT molecular complexity index is 387. The Labute approximate surface area is 99.7 Å². The van der Waals surface area contributed by atoms with Gasteiger partial charge in [-0.1, -0.05) is 19.1 Å². The molecule has 0 unspecified atom stereocenters. The summed E-state index contributed by atoms with van der Waals surface area (Å²) in [5.41, 5.74) is 4.43. The van der Waals surface area contributed by atoms with Gasteiger partial charge in [0.05, 0.1) is 5.71 Å². The van der Waals surface area contributed by atoms with Crippen LogP contribution in [0.5, 0.6) is 0 Å². The van der Waals surface area contributed by atoms with E-state index < -0.39 is 0 Å². The minimum absolute atomic E-state index is 0.252. The predicted molar refractivity (Wildman–Crippen MR) is 68.0 cm³/mol. The summed E-state index contributed by atoms with van der Waals surface area (Å²) in [6, 6.07) is 6.22. The molecular formula is C11H14FN3S. The first-order valence-corrected chi connectivity index (χ1v) is 5.38. The fourth-order valence-electron chi connectivity index (χ4n) is 1.16. The lowest BCUT2D eigenvalue weighted by Gasteiger charge is -2.06. The Hall–Kier alpha value is -1.49. The van der Waals surface area contributed by atoms with Crippen molar-refractivity contribution in [1.82, 2.24) is 10.7 Å². The summed E-state index contributed by atoms with van der Waals surface area (Å²) < 4.78 is 12.7. The van der Waals surface area contributed by atoms with Crippen molar-refractivity contribution in [3.8, 4) is 0 Å². The first-order chi connectivity index (χ1) is 7.67. The maximum absolute atomic E-state index is 12.7. The number of nitrogens with zero attached hydrogens (tertiary/aromatic N) is 1. The van der Waals surface area contributed by atoms with Gasteiger partial charge in [-0.15, -0.1) is 0 Å². The zero-order chi connectivity index (χ0) is 12.0. The van der Waals surface area contributed by atoms with E-state index in [1.54, 1.807) is 19.2 Å². The Morgan fingerprint density at radius 2 is 2.00 bits per heavy atom. The second kappa shape index (κ2) is 6.17. The highest BCUT2D eigenvalue weighted by Gasteiger charge is 2.01. The van der Waals surface area contributed by atoms with Gasteiger partial charge in [-0.2, -0.15) is 5.10 Å². The van der Waals surface area contributed by atoms with Gasteiger partial charge >= 0.3 is 0 Å².